The molecule has 0 spiro atoms. The highest BCUT2D eigenvalue weighted by Gasteiger charge is 2.26. The highest BCUT2D eigenvalue weighted by molar-refractivity contribution is 6.07. The number of carboxylic acid groups (broad SMARTS) is 1. The second kappa shape index (κ2) is 9.40. The van der Waals surface area contributed by atoms with Gasteiger partial charge in [-0.1, -0.05) is 30.3 Å². The second-order valence-corrected chi connectivity index (χ2v) is 9.26. The maximum atomic E-state index is 13.2. The van der Waals surface area contributed by atoms with Crippen molar-refractivity contribution in [2.24, 2.45) is 5.92 Å². The van der Waals surface area contributed by atoms with Crippen LogP contribution in [0.3, 0.4) is 0 Å². The number of aromatic carboxylic acids is 1. The summed E-state index contributed by atoms with van der Waals surface area (Å²) in [6.07, 6.45) is 6.53. The summed E-state index contributed by atoms with van der Waals surface area (Å²) in [5, 5.41) is 10.1. The van der Waals surface area contributed by atoms with Gasteiger partial charge in [-0.15, -0.1) is 0 Å². The van der Waals surface area contributed by atoms with Crippen LogP contribution in [0.4, 0.5) is 0 Å². The third kappa shape index (κ3) is 4.53. The van der Waals surface area contributed by atoms with Crippen molar-refractivity contribution in [2.75, 3.05) is 26.3 Å². The summed E-state index contributed by atoms with van der Waals surface area (Å²) in [5.74, 6) is 0.281. The monoisotopic (exact) mass is 446 g/mol. The molecule has 1 amide bonds. The molecule has 1 aliphatic carbocycles. The molecule has 0 radical (unpaired) electrons. The van der Waals surface area contributed by atoms with E-state index in [4.69, 9.17) is 9.84 Å². The third-order valence-electron chi connectivity index (χ3n) is 7.25. The van der Waals surface area contributed by atoms with Crippen LogP contribution in [0.1, 0.15) is 57.9 Å². The van der Waals surface area contributed by atoms with E-state index in [1.54, 1.807) is 12.1 Å². The Balaban J connectivity index is 1.28. The molecule has 1 aliphatic heterocycles. The van der Waals surface area contributed by atoms with Gasteiger partial charge in [0.15, 0.2) is 0 Å². The van der Waals surface area contributed by atoms with E-state index in [-0.39, 0.29) is 5.91 Å². The van der Waals surface area contributed by atoms with E-state index in [1.165, 1.54) is 5.56 Å². The van der Waals surface area contributed by atoms with Crippen molar-refractivity contribution in [3.05, 3.63) is 71.4 Å². The van der Waals surface area contributed by atoms with Crippen molar-refractivity contribution in [1.82, 2.24) is 9.47 Å². The third-order valence-corrected chi connectivity index (χ3v) is 7.25. The van der Waals surface area contributed by atoms with Gasteiger partial charge >= 0.3 is 5.97 Å². The first-order valence-corrected chi connectivity index (χ1v) is 11.9. The molecule has 2 heterocycles. The topological polar surface area (TPSA) is 71.8 Å². The minimum Gasteiger partial charge on any atom is -0.478 e. The molecule has 2 aliphatic rings. The van der Waals surface area contributed by atoms with Crippen LogP contribution in [0.25, 0.3) is 10.9 Å². The van der Waals surface area contributed by atoms with Crippen LogP contribution in [0, 0.1) is 5.92 Å². The van der Waals surface area contributed by atoms with Crippen LogP contribution < -0.4 is 0 Å². The number of fused-ring (bicyclic) bond motifs is 1. The molecule has 3 aromatic rings. The van der Waals surface area contributed by atoms with Gasteiger partial charge < -0.3 is 19.3 Å². The fourth-order valence-electron chi connectivity index (χ4n) is 5.36. The Kier molecular flexibility index (Phi) is 6.18. The lowest BCUT2D eigenvalue weighted by Crippen LogP contribution is -2.40. The average Bonchev–Trinajstić information content (AvgIpc) is 3.23. The van der Waals surface area contributed by atoms with Crippen LogP contribution in [0.15, 0.2) is 54.7 Å². The molecule has 172 valence electrons. The number of carbonyl (C=O) groups is 2. The van der Waals surface area contributed by atoms with Crippen molar-refractivity contribution in [2.45, 2.75) is 38.1 Å². The summed E-state index contributed by atoms with van der Waals surface area (Å²) < 4.78 is 7.68. The van der Waals surface area contributed by atoms with Gasteiger partial charge in [-0.05, 0) is 61.3 Å². The summed E-state index contributed by atoms with van der Waals surface area (Å²) in [7, 11) is 0. The van der Waals surface area contributed by atoms with E-state index in [9.17, 15) is 9.59 Å². The number of rotatable bonds is 5. The van der Waals surface area contributed by atoms with Gasteiger partial charge in [0, 0.05) is 36.7 Å². The number of para-hydroxylation sites is 1. The van der Waals surface area contributed by atoms with Crippen molar-refractivity contribution >= 4 is 22.8 Å². The van der Waals surface area contributed by atoms with Gasteiger partial charge in [-0.25, -0.2) is 4.79 Å². The van der Waals surface area contributed by atoms with E-state index in [0.717, 1.165) is 48.7 Å². The average molecular weight is 447 g/mol. The van der Waals surface area contributed by atoms with Crippen molar-refractivity contribution < 1.29 is 19.4 Å². The fourth-order valence-corrected chi connectivity index (χ4v) is 5.36. The van der Waals surface area contributed by atoms with E-state index in [1.807, 2.05) is 29.2 Å². The van der Waals surface area contributed by atoms with E-state index in [2.05, 4.69) is 22.9 Å². The maximum Gasteiger partial charge on any atom is 0.335 e. The van der Waals surface area contributed by atoms with Gasteiger partial charge in [-0.3, -0.25) is 4.79 Å². The Morgan fingerprint density at radius 3 is 2.33 bits per heavy atom. The van der Waals surface area contributed by atoms with Gasteiger partial charge in [0.25, 0.3) is 5.91 Å². The molecule has 0 unspecified atom stereocenters. The summed E-state index contributed by atoms with van der Waals surface area (Å²) in [5.41, 5.74) is 3.50. The van der Waals surface area contributed by atoms with Gasteiger partial charge in [0.2, 0.25) is 0 Å². The Labute approximate surface area is 193 Å². The molecule has 6 nitrogen and oxygen atoms in total. The Bertz CT molecular complexity index is 1140. The highest BCUT2D eigenvalue weighted by atomic mass is 16.5. The standard InChI is InChI=1S/C27H30N2O4/c30-26(28-13-15-33-16-14-28)24-18-29(25-4-2-1-3-23(24)25)17-19-5-7-20(8-6-19)21-9-11-22(12-10-21)27(31)32/h1-4,9-12,18-20H,5-8,13-17H2,(H,31,32). The van der Waals surface area contributed by atoms with Gasteiger partial charge in [0.1, 0.15) is 0 Å². The lowest BCUT2D eigenvalue weighted by Gasteiger charge is -2.29. The molecule has 5 rings (SSSR count). The summed E-state index contributed by atoms with van der Waals surface area (Å²) in [6, 6.07) is 15.6. The van der Waals surface area contributed by atoms with Crippen LogP contribution in [-0.4, -0.2) is 52.8 Å². The molecule has 1 saturated carbocycles. The molecule has 0 bridgehead atoms. The second-order valence-electron chi connectivity index (χ2n) is 9.26. The molecule has 1 aromatic heterocycles. The number of carbonyl (C=O) groups excluding carboxylic acids is 1. The zero-order valence-corrected chi connectivity index (χ0v) is 18.8. The summed E-state index contributed by atoms with van der Waals surface area (Å²) >= 11 is 0. The molecule has 0 atom stereocenters. The SMILES string of the molecule is O=C(O)c1ccc(C2CCC(Cn3cc(C(=O)N4CCOCC4)c4ccccc43)CC2)cc1. The Morgan fingerprint density at radius 2 is 1.64 bits per heavy atom. The number of amides is 1. The zero-order chi connectivity index (χ0) is 22.8. The van der Waals surface area contributed by atoms with Crippen molar-refractivity contribution in [3.63, 3.8) is 0 Å². The predicted molar refractivity (Wildman–Crippen MR) is 127 cm³/mol. The largest absolute Gasteiger partial charge is 0.478 e. The summed E-state index contributed by atoms with van der Waals surface area (Å²) in [6.45, 7) is 3.42. The van der Waals surface area contributed by atoms with Gasteiger partial charge in [0.05, 0.1) is 24.3 Å². The molecule has 1 saturated heterocycles. The molecular formula is C27H30N2O4. The van der Waals surface area contributed by atoms with Crippen molar-refractivity contribution in [3.8, 4) is 0 Å². The number of hydrogen-bond acceptors (Lipinski definition) is 3. The summed E-state index contributed by atoms with van der Waals surface area (Å²) in [4.78, 5) is 26.2. The number of nitrogens with zero attached hydrogens (tertiary/aromatic N) is 2. The Morgan fingerprint density at radius 1 is 0.939 bits per heavy atom. The lowest BCUT2D eigenvalue weighted by molar-refractivity contribution is 0.0304. The molecule has 2 fully saturated rings. The number of ether oxygens (including phenoxy) is 1. The number of benzene rings is 2. The minimum atomic E-state index is -0.879. The highest BCUT2D eigenvalue weighted by Crippen LogP contribution is 2.37. The molecule has 6 heteroatoms. The fraction of sp³-hybridized carbons (Fsp3) is 0.407. The Hall–Kier alpha value is -3.12. The van der Waals surface area contributed by atoms with Gasteiger partial charge in [-0.2, -0.15) is 0 Å². The molecule has 1 N–H and O–H groups in total. The quantitative estimate of drug-likeness (QED) is 0.612. The number of aromatic nitrogens is 1. The number of hydrogen-bond donors (Lipinski definition) is 1. The smallest absolute Gasteiger partial charge is 0.335 e. The van der Waals surface area contributed by atoms with E-state index >= 15 is 0 Å². The molecular weight excluding hydrogens is 416 g/mol. The van der Waals surface area contributed by atoms with E-state index < -0.39 is 5.97 Å². The van der Waals surface area contributed by atoms with Crippen LogP contribution in [0.5, 0.6) is 0 Å². The minimum absolute atomic E-state index is 0.0989. The number of morpholine rings is 1. The van der Waals surface area contributed by atoms with Crippen LogP contribution >= 0.6 is 0 Å². The molecule has 33 heavy (non-hydrogen) atoms. The predicted octanol–water partition coefficient (Wildman–Crippen LogP) is 4.79. The van der Waals surface area contributed by atoms with Crippen LogP contribution in [0.2, 0.25) is 0 Å². The van der Waals surface area contributed by atoms with Crippen molar-refractivity contribution in [1.29, 1.82) is 0 Å². The van der Waals surface area contributed by atoms with E-state index in [0.29, 0.717) is 43.7 Å². The zero-order valence-electron chi connectivity index (χ0n) is 18.8. The first-order valence-electron chi connectivity index (χ1n) is 11.9. The number of carboxylic acids is 1. The molecule has 2 aromatic carbocycles. The maximum absolute atomic E-state index is 13.2. The normalized spacial score (nSPS) is 21.3. The first-order chi connectivity index (χ1) is 16.1. The first kappa shape index (κ1) is 21.7. The lowest BCUT2D eigenvalue weighted by atomic mass is 9.78. The van der Waals surface area contributed by atoms with Crippen LogP contribution in [-0.2, 0) is 11.3 Å².